The Morgan fingerprint density at radius 1 is 0.667 bits per heavy atom. The van der Waals surface area contributed by atoms with Crippen molar-refractivity contribution in [2.24, 2.45) is 0 Å². The number of hydrogen-bond donors (Lipinski definition) is 6. The van der Waals surface area contributed by atoms with Gasteiger partial charge in [0.25, 0.3) is 30.4 Å². The van der Waals surface area contributed by atoms with Gasteiger partial charge in [0.2, 0.25) is 17.2 Å². The maximum atomic E-state index is 11.9. The van der Waals surface area contributed by atoms with Crippen molar-refractivity contribution >= 4 is 98.8 Å². The molecule has 0 aliphatic heterocycles. The van der Waals surface area contributed by atoms with Crippen LogP contribution in [0.4, 0.5) is 23.3 Å². The fourth-order valence-corrected chi connectivity index (χ4v) is 6.81. The SMILES string of the molecule is O=S(=O)(O)c1cc(SOOO)c2ccc(Nc3nc(Cl)nc(Nc4ccc5c(S(=O)(=O)O)cc(S(=O)(=O)O)cc5c4)n3)cc2c1. The van der Waals surface area contributed by atoms with E-state index in [-0.39, 0.29) is 38.5 Å². The first-order valence-electron chi connectivity index (χ1n) is 11.7. The van der Waals surface area contributed by atoms with Crippen molar-refractivity contribution in [2.75, 3.05) is 10.6 Å². The van der Waals surface area contributed by atoms with Crippen LogP contribution in [0, 0.1) is 0 Å². The van der Waals surface area contributed by atoms with E-state index in [2.05, 4.69) is 35.0 Å². The van der Waals surface area contributed by atoms with Crippen LogP contribution in [0.2, 0.25) is 5.28 Å². The summed E-state index contributed by atoms with van der Waals surface area (Å²) < 4.78 is 104. The predicted octanol–water partition coefficient (Wildman–Crippen LogP) is 4.49. The fourth-order valence-electron chi connectivity index (χ4n) is 4.12. The first-order chi connectivity index (χ1) is 21.0. The van der Waals surface area contributed by atoms with Crippen molar-refractivity contribution in [3.63, 3.8) is 0 Å². The molecule has 5 aromatic rings. The molecule has 1 heterocycles. The van der Waals surface area contributed by atoms with Crippen molar-refractivity contribution < 1.29 is 53.5 Å². The molecular formula is C23H16ClN5O12S4. The highest BCUT2D eigenvalue weighted by atomic mass is 35.5. The Morgan fingerprint density at radius 3 is 1.69 bits per heavy atom. The summed E-state index contributed by atoms with van der Waals surface area (Å²) in [6.45, 7) is 0. The van der Waals surface area contributed by atoms with Gasteiger partial charge in [0, 0.05) is 21.7 Å². The van der Waals surface area contributed by atoms with Crippen molar-refractivity contribution in [1.29, 1.82) is 0 Å². The second-order valence-corrected chi connectivity index (χ2v) is 14.2. The summed E-state index contributed by atoms with van der Waals surface area (Å²) in [5, 5.41) is 18.2. The molecule has 1 aromatic heterocycles. The van der Waals surface area contributed by atoms with E-state index >= 15 is 0 Å². The smallest absolute Gasteiger partial charge is 0.295 e. The van der Waals surface area contributed by atoms with E-state index in [0.29, 0.717) is 34.6 Å². The van der Waals surface area contributed by atoms with Crippen LogP contribution in [0.15, 0.2) is 80.2 Å². The molecule has 45 heavy (non-hydrogen) atoms. The van der Waals surface area contributed by atoms with Gasteiger partial charge < -0.3 is 10.6 Å². The van der Waals surface area contributed by atoms with Crippen LogP contribution in [-0.4, -0.2) is 59.1 Å². The molecule has 0 bridgehead atoms. The van der Waals surface area contributed by atoms with Gasteiger partial charge >= 0.3 is 0 Å². The Bertz CT molecular complexity index is 2330. The number of anilines is 4. The topological polar surface area (TPSA) is 265 Å². The van der Waals surface area contributed by atoms with Crippen LogP contribution in [0.1, 0.15) is 0 Å². The minimum atomic E-state index is -4.88. The molecule has 0 amide bonds. The normalized spacial score (nSPS) is 12.5. The molecule has 0 radical (unpaired) electrons. The average Bonchev–Trinajstić information content (AvgIpc) is 2.93. The zero-order chi connectivity index (χ0) is 32.7. The Morgan fingerprint density at radius 2 is 1.18 bits per heavy atom. The molecule has 17 nitrogen and oxygen atoms in total. The standard InChI is InChI=1S/C23H16ClN5O12S4/c24-21-27-22(25-13-1-3-17-11(5-13)7-15(43(31,32)33)9-19(17)42-41-40-30)29-23(28-21)26-14-2-4-18-12(6-14)8-16(44(34,35)36)10-20(18)45(37,38)39/h1-10,30H,(H,31,32,33)(H,34,35,36)(H,37,38,39)(H2,25,26,27,28,29). The van der Waals surface area contributed by atoms with Crippen molar-refractivity contribution in [1.82, 2.24) is 15.0 Å². The molecule has 4 aromatic carbocycles. The largest absolute Gasteiger partial charge is 0.324 e. The molecular weight excluding hydrogens is 702 g/mol. The molecule has 0 aliphatic rings. The van der Waals surface area contributed by atoms with Crippen LogP contribution in [0.5, 0.6) is 0 Å². The lowest BCUT2D eigenvalue weighted by atomic mass is 10.1. The number of rotatable bonds is 10. The Hall–Kier alpha value is -3.74. The van der Waals surface area contributed by atoms with Crippen LogP contribution in [0.25, 0.3) is 21.5 Å². The second kappa shape index (κ2) is 12.2. The van der Waals surface area contributed by atoms with Crippen LogP contribution < -0.4 is 10.6 Å². The Labute approximate surface area is 262 Å². The second-order valence-electron chi connectivity index (χ2n) is 8.87. The van der Waals surface area contributed by atoms with E-state index < -0.39 is 45.0 Å². The molecule has 0 unspecified atom stereocenters. The van der Waals surface area contributed by atoms with Crippen LogP contribution in [-0.2, 0) is 39.7 Å². The van der Waals surface area contributed by atoms with Crippen molar-refractivity contribution in [2.45, 2.75) is 19.6 Å². The summed E-state index contributed by atoms with van der Waals surface area (Å²) in [5.41, 5.74) is 0.548. The minimum absolute atomic E-state index is 0.00941. The molecule has 0 fully saturated rings. The number of nitrogens with zero attached hydrogens (tertiary/aromatic N) is 3. The highest BCUT2D eigenvalue weighted by Gasteiger charge is 2.21. The molecule has 5 rings (SSSR count). The maximum absolute atomic E-state index is 11.9. The third kappa shape index (κ3) is 7.57. The first-order valence-corrected chi connectivity index (χ1v) is 17.1. The van der Waals surface area contributed by atoms with Crippen LogP contribution in [0.3, 0.4) is 0 Å². The summed E-state index contributed by atoms with van der Waals surface area (Å²) in [6, 6.07) is 12.5. The van der Waals surface area contributed by atoms with Gasteiger partial charge in [0.1, 0.15) is 4.90 Å². The van der Waals surface area contributed by atoms with E-state index in [4.69, 9.17) is 16.9 Å². The Kier molecular flexibility index (Phi) is 8.87. The van der Waals surface area contributed by atoms with Gasteiger partial charge in [-0.3, -0.25) is 13.7 Å². The zero-order valence-corrected chi connectivity index (χ0v) is 25.7. The van der Waals surface area contributed by atoms with Gasteiger partial charge in [-0.05, 0) is 76.3 Å². The van der Waals surface area contributed by atoms with Gasteiger partial charge in [-0.1, -0.05) is 17.2 Å². The molecule has 22 heteroatoms. The van der Waals surface area contributed by atoms with E-state index in [0.717, 1.165) is 12.1 Å². The van der Waals surface area contributed by atoms with Gasteiger partial charge in [-0.15, -0.1) is 4.33 Å². The monoisotopic (exact) mass is 717 g/mol. The lowest BCUT2D eigenvalue weighted by Crippen LogP contribution is -2.05. The molecule has 236 valence electrons. The molecule has 0 spiro atoms. The van der Waals surface area contributed by atoms with Gasteiger partial charge in [-0.2, -0.15) is 40.2 Å². The fraction of sp³-hybridized carbons (Fsp3) is 0. The highest BCUT2D eigenvalue weighted by Crippen LogP contribution is 2.34. The molecule has 0 atom stereocenters. The lowest BCUT2D eigenvalue weighted by molar-refractivity contribution is -0.432. The molecule has 0 saturated carbocycles. The van der Waals surface area contributed by atoms with E-state index in [1.165, 1.54) is 30.3 Å². The minimum Gasteiger partial charge on any atom is -0.324 e. The number of aromatic nitrogens is 3. The van der Waals surface area contributed by atoms with Crippen molar-refractivity contribution in [3.8, 4) is 0 Å². The predicted molar refractivity (Wildman–Crippen MR) is 159 cm³/mol. The summed E-state index contributed by atoms with van der Waals surface area (Å²) >= 11 is 6.57. The van der Waals surface area contributed by atoms with E-state index in [9.17, 15) is 38.9 Å². The van der Waals surface area contributed by atoms with Gasteiger partial charge in [-0.25, -0.2) is 5.26 Å². The summed E-state index contributed by atoms with van der Waals surface area (Å²) in [7, 11) is -14.3. The van der Waals surface area contributed by atoms with Gasteiger partial charge in [0.15, 0.2) is 0 Å². The highest BCUT2D eigenvalue weighted by molar-refractivity contribution is 7.94. The number of fused-ring (bicyclic) bond motifs is 2. The molecule has 0 aliphatic carbocycles. The van der Waals surface area contributed by atoms with Gasteiger partial charge in [0.05, 0.1) is 21.8 Å². The zero-order valence-electron chi connectivity index (χ0n) is 21.7. The molecule has 6 N–H and O–H groups in total. The molecule has 0 saturated heterocycles. The lowest BCUT2D eigenvalue weighted by Gasteiger charge is -2.12. The van der Waals surface area contributed by atoms with Crippen molar-refractivity contribution in [3.05, 3.63) is 65.9 Å². The number of halogens is 1. The average molecular weight is 718 g/mol. The summed E-state index contributed by atoms with van der Waals surface area (Å²) in [6.07, 6.45) is 0. The van der Waals surface area contributed by atoms with E-state index in [1.54, 1.807) is 12.1 Å². The number of nitrogens with one attached hydrogen (secondary N) is 2. The summed E-state index contributed by atoms with van der Waals surface area (Å²) in [4.78, 5) is 10.4. The quantitative estimate of drug-likeness (QED) is 0.0503. The first kappa shape index (κ1) is 32.6. The third-order valence-corrected chi connectivity index (χ3v) is 9.30. The van der Waals surface area contributed by atoms with E-state index in [1.807, 2.05) is 0 Å². The van der Waals surface area contributed by atoms with Crippen LogP contribution >= 0.6 is 23.6 Å². The number of hydrogen-bond acceptors (Lipinski definition) is 15. The Balaban J connectivity index is 1.49. The maximum Gasteiger partial charge on any atom is 0.295 e. The summed E-state index contributed by atoms with van der Waals surface area (Å²) in [5.74, 6) is -0.204. The third-order valence-electron chi connectivity index (χ3n) is 5.92. The number of benzene rings is 4.